The lowest BCUT2D eigenvalue weighted by Crippen LogP contribution is -1.91. The molecule has 0 bridgehead atoms. The number of aryl methyl sites for hydroxylation is 1. The Morgan fingerprint density at radius 3 is 2.29 bits per heavy atom. The van der Waals surface area contributed by atoms with E-state index in [0.717, 1.165) is 0 Å². The van der Waals surface area contributed by atoms with Gasteiger partial charge in [0.25, 0.3) is 0 Å². The van der Waals surface area contributed by atoms with Crippen molar-refractivity contribution in [1.29, 1.82) is 0 Å². The summed E-state index contributed by atoms with van der Waals surface area (Å²) in [4.78, 5) is 0. The fourth-order valence-electron chi connectivity index (χ4n) is 1.81. The van der Waals surface area contributed by atoms with Crippen molar-refractivity contribution in [3.05, 3.63) is 59.7 Å². The fourth-order valence-corrected chi connectivity index (χ4v) is 1.81. The molecule has 0 atom stereocenters. The monoisotopic (exact) mass is 342 g/mol. The van der Waals surface area contributed by atoms with Gasteiger partial charge in [-0.2, -0.15) is 0 Å². The van der Waals surface area contributed by atoms with Gasteiger partial charge in [-0.05, 0) is 31.2 Å². The van der Waals surface area contributed by atoms with Crippen molar-refractivity contribution in [3.8, 4) is 0 Å². The molecule has 0 spiro atoms. The largest absolute Gasteiger partial charge is 0.107 e. The van der Waals surface area contributed by atoms with E-state index in [1.54, 1.807) is 5.57 Å². The number of hydrogen-bond donors (Lipinski definition) is 0. The summed E-state index contributed by atoms with van der Waals surface area (Å²) >= 11 is 0. The minimum atomic E-state index is 0. The number of allylic oxidation sites excluding steroid dienone is 4. The van der Waals surface area contributed by atoms with Crippen LogP contribution < -0.4 is 0 Å². The minimum absolute atomic E-state index is 0. The van der Waals surface area contributed by atoms with Crippen LogP contribution in [-0.4, -0.2) is 0 Å². The highest BCUT2D eigenvalue weighted by Gasteiger charge is 1.99. The van der Waals surface area contributed by atoms with Crippen LogP contribution in [0, 0.1) is 0 Å². The Morgan fingerprint density at radius 1 is 1.00 bits per heavy atom. The summed E-state index contributed by atoms with van der Waals surface area (Å²) in [6, 6.07) is 10.7. The molecule has 0 saturated heterocycles. The molecule has 1 heteroatoms. The summed E-state index contributed by atoms with van der Waals surface area (Å²) in [6.07, 6.45) is 11.6. The maximum atomic E-state index is 2.27. The normalized spacial score (nSPS) is 12.9. The van der Waals surface area contributed by atoms with Crippen LogP contribution in [0.3, 0.4) is 0 Å². The van der Waals surface area contributed by atoms with E-state index in [9.17, 15) is 0 Å². The molecule has 0 radical (unpaired) electrons. The summed E-state index contributed by atoms with van der Waals surface area (Å²) in [5.41, 5.74) is 3.04. The molecular formula is C16H23I. The molecule has 0 saturated carbocycles. The lowest BCUT2D eigenvalue weighted by Gasteiger charge is -2.08. The van der Waals surface area contributed by atoms with E-state index in [-0.39, 0.29) is 24.0 Å². The summed E-state index contributed by atoms with van der Waals surface area (Å²) in [5.74, 6) is 0. The third-order valence-electron chi connectivity index (χ3n) is 2.68. The molecule has 0 amide bonds. The first-order chi connectivity index (χ1) is 7.95. The molecule has 2 rings (SSSR count). The van der Waals surface area contributed by atoms with Crippen molar-refractivity contribution < 1.29 is 0 Å². The number of halogens is 1. The van der Waals surface area contributed by atoms with Crippen molar-refractivity contribution in [1.82, 2.24) is 0 Å². The second-order valence-corrected chi connectivity index (χ2v) is 3.78. The van der Waals surface area contributed by atoms with Gasteiger partial charge in [0.05, 0.1) is 0 Å². The molecule has 0 N–H and O–H groups in total. The summed E-state index contributed by atoms with van der Waals surface area (Å²) in [7, 11) is 0. The van der Waals surface area contributed by atoms with Gasteiger partial charge in [0.2, 0.25) is 0 Å². The lowest BCUT2D eigenvalue weighted by atomic mass is 9.98. The van der Waals surface area contributed by atoms with Crippen LogP contribution in [0.1, 0.15) is 38.7 Å². The summed E-state index contributed by atoms with van der Waals surface area (Å²) in [6.45, 7) is 4.00. The van der Waals surface area contributed by atoms with Gasteiger partial charge < -0.3 is 0 Å². The Hall–Kier alpha value is -0.570. The molecule has 1 aromatic rings. The second kappa shape index (κ2) is 10.6. The summed E-state index contributed by atoms with van der Waals surface area (Å²) in [5, 5.41) is 0. The maximum absolute atomic E-state index is 2.27. The van der Waals surface area contributed by atoms with Crippen LogP contribution in [0.5, 0.6) is 0 Å². The van der Waals surface area contributed by atoms with Crippen LogP contribution >= 0.6 is 24.0 Å². The smallest absolute Gasteiger partial charge is 0.0241 e. The van der Waals surface area contributed by atoms with Crippen LogP contribution in [0.2, 0.25) is 0 Å². The molecule has 94 valence electrons. The lowest BCUT2D eigenvalue weighted by molar-refractivity contribution is 0.839. The third-order valence-corrected chi connectivity index (χ3v) is 2.68. The molecule has 0 aromatic heterocycles. The molecule has 0 fully saturated rings. The zero-order valence-corrected chi connectivity index (χ0v) is 13.2. The molecule has 0 aliphatic heterocycles. The van der Waals surface area contributed by atoms with Crippen molar-refractivity contribution in [3.63, 3.8) is 0 Å². The minimum Gasteiger partial charge on any atom is -0.107 e. The van der Waals surface area contributed by atoms with Crippen molar-refractivity contribution in [2.75, 3.05) is 0 Å². The molecule has 1 aliphatic rings. The van der Waals surface area contributed by atoms with Crippen molar-refractivity contribution in [2.24, 2.45) is 0 Å². The predicted octanol–water partition coefficient (Wildman–Crippen LogP) is 5.54. The van der Waals surface area contributed by atoms with Gasteiger partial charge in [-0.25, -0.2) is 0 Å². The van der Waals surface area contributed by atoms with Gasteiger partial charge >= 0.3 is 0 Å². The van der Waals surface area contributed by atoms with E-state index in [1.165, 1.54) is 31.2 Å². The Morgan fingerprint density at radius 2 is 1.71 bits per heavy atom. The van der Waals surface area contributed by atoms with E-state index < -0.39 is 0 Å². The molecule has 0 nitrogen and oxygen atoms in total. The highest BCUT2D eigenvalue weighted by Crippen LogP contribution is 2.17. The van der Waals surface area contributed by atoms with Crippen LogP contribution in [0.4, 0.5) is 0 Å². The average molecular weight is 342 g/mol. The summed E-state index contributed by atoms with van der Waals surface area (Å²) < 4.78 is 0. The second-order valence-electron chi connectivity index (χ2n) is 3.78. The first kappa shape index (κ1) is 16.4. The SMILES string of the molecule is C1=CCCC(CCc2ccccc2)=C1.CC.I. The highest BCUT2D eigenvalue weighted by molar-refractivity contribution is 14.0. The Bertz CT molecular complexity index is 336. The fraction of sp³-hybridized carbons (Fsp3) is 0.375. The van der Waals surface area contributed by atoms with Gasteiger partial charge in [0.15, 0.2) is 0 Å². The highest BCUT2D eigenvalue weighted by atomic mass is 127. The van der Waals surface area contributed by atoms with Gasteiger partial charge in [-0.1, -0.05) is 68.0 Å². The molecule has 0 heterocycles. The third kappa shape index (κ3) is 6.67. The van der Waals surface area contributed by atoms with Gasteiger partial charge in [0, 0.05) is 0 Å². The quantitative estimate of drug-likeness (QED) is 0.633. The van der Waals surface area contributed by atoms with Crippen LogP contribution in [0.15, 0.2) is 54.1 Å². The van der Waals surface area contributed by atoms with Gasteiger partial charge in [0.1, 0.15) is 0 Å². The van der Waals surface area contributed by atoms with Gasteiger partial charge in [-0.15, -0.1) is 24.0 Å². The number of hydrogen-bond acceptors (Lipinski definition) is 0. The standard InChI is InChI=1S/C14H16.C2H6.HI/c1-3-7-13(8-4-1)11-12-14-9-5-2-6-10-14;1-2;/h1-5,7-9H,6,10-12H2;1-2H3;1H. The average Bonchev–Trinajstić information content (AvgIpc) is 2.41. The molecule has 0 unspecified atom stereocenters. The van der Waals surface area contributed by atoms with E-state index >= 15 is 0 Å². The number of benzene rings is 1. The van der Waals surface area contributed by atoms with E-state index in [2.05, 4.69) is 48.6 Å². The Kier molecular flexibility index (Phi) is 10.2. The Balaban J connectivity index is 0.000000811. The van der Waals surface area contributed by atoms with E-state index in [0.29, 0.717) is 0 Å². The number of rotatable bonds is 3. The van der Waals surface area contributed by atoms with Crippen molar-refractivity contribution in [2.45, 2.75) is 39.5 Å². The van der Waals surface area contributed by atoms with Gasteiger partial charge in [-0.3, -0.25) is 0 Å². The van der Waals surface area contributed by atoms with Crippen molar-refractivity contribution >= 4 is 24.0 Å². The zero-order chi connectivity index (χ0) is 11.6. The van der Waals surface area contributed by atoms with E-state index in [1.807, 2.05) is 13.8 Å². The topological polar surface area (TPSA) is 0 Å². The predicted molar refractivity (Wildman–Crippen MR) is 88.0 cm³/mol. The van der Waals surface area contributed by atoms with E-state index in [4.69, 9.17) is 0 Å². The van der Waals surface area contributed by atoms with Crippen LogP contribution in [0.25, 0.3) is 0 Å². The zero-order valence-electron chi connectivity index (χ0n) is 10.9. The van der Waals surface area contributed by atoms with Crippen LogP contribution in [-0.2, 0) is 6.42 Å². The molecule has 1 aromatic carbocycles. The molecule has 1 aliphatic carbocycles. The molecular weight excluding hydrogens is 319 g/mol. The maximum Gasteiger partial charge on any atom is -0.0241 e. The first-order valence-corrected chi connectivity index (χ1v) is 6.33. The Labute approximate surface area is 123 Å². The first-order valence-electron chi connectivity index (χ1n) is 6.33. The molecule has 17 heavy (non-hydrogen) atoms.